The molecule has 0 spiro atoms. The van der Waals surface area contributed by atoms with Crippen molar-refractivity contribution < 1.29 is 9.53 Å². The molecule has 7 nitrogen and oxygen atoms in total. The van der Waals surface area contributed by atoms with E-state index < -0.39 is 0 Å². The number of nitrogens with zero attached hydrogens (tertiary/aromatic N) is 4. The third-order valence-corrected chi connectivity index (χ3v) is 5.93. The molecule has 2 saturated heterocycles. The number of amides is 2. The SMILES string of the molecule is Cc1cccc(N2CCN(C(=O)NCc3ccc(N4CC(C)OC(C)C4)nc3)CC2)c1. The van der Waals surface area contributed by atoms with Gasteiger partial charge in [0.25, 0.3) is 0 Å². The van der Waals surface area contributed by atoms with E-state index in [1.54, 1.807) is 0 Å². The Morgan fingerprint density at radius 3 is 2.45 bits per heavy atom. The number of piperazine rings is 1. The summed E-state index contributed by atoms with van der Waals surface area (Å²) in [6.45, 7) is 11.6. The highest BCUT2D eigenvalue weighted by Gasteiger charge is 2.23. The van der Waals surface area contributed by atoms with Crippen molar-refractivity contribution in [2.75, 3.05) is 49.1 Å². The second-order valence-electron chi connectivity index (χ2n) is 8.66. The molecule has 2 unspecified atom stereocenters. The van der Waals surface area contributed by atoms with Gasteiger partial charge in [0.1, 0.15) is 5.82 Å². The molecule has 0 saturated carbocycles. The Bertz CT molecular complexity index is 870. The van der Waals surface area contributed by atoms with Gasteiger partial charge in [-0.2, -0.15) is 0 Å². The van der Waals surface area contributed by atoms with E-state index in [9.17, 15) is 4.79 Å². The Morgan fingerprint density at radius 2 is 1.81 bits per heavy atom. The lowest BCUT2D eigenvalue weighted by Crippen LogP contribution is -2.51. The van der Waals surface area contributed by atoms with E-state index in [1.165, 1.54) is 11.3 Å². The molecule has 2 aliphatic heterocycles. The zero-order valence-corrected chi connectivity index (χ0v) is 18.8. The maximum Gasteiger partial charge on any atom is 0.317 e. The molecule has 2 aromatic rings. The van der Waals surface area contributed by atoms with Crippen LogP contribution in [0, 0.1) is 6.92 Å². The molecule has 4 rings (SSSR count). The van der Waals surface area contributed by atoms with Crippen molar-refractivity contribution in [3.8, 4) is 0 Å². The smallest absolute Gasteiger partial charge is 0.317 e. The fourth-order valence-corrected chi connectivity index (χ4v) is 4.36. The summed E-state index contributed by atoms with van der Waals surface area (Å²) in [5.41, 5.74) is 3.50. The molecular formula is C24H33N5O2. The highest BCUT2D eigenvalue weighted by molar-refractivity contribution is 5.74. The molecule has 166 valence electrons. The number of hydrogen-bond donors (Lipinski definition) is 1. The van der Waals surface area contributed by atoms with Crippen LogP contribution in [0.15, 0.2) is 42.6 Å². The van der Waals surface area contributed by atoms with Crippen LogP contribution in [0.5, 0.6) is 0 Å². The minimum Gasteiger partial charge on any atom is -0.372 e. The van der Waals surface area contributed by atoms with Crippen LogP contribution in [-0.2, 0) is 11.3 Å². The predicted octanol–water partition coefficient (Wildman–Crippen LogP) is 3.04. The standard InChI is InChI=1S/C24H33N5O2/c1-18-5-4-6-22(13-18)27-9-11-28(12-10-27)24(30)26-15-21-7-8-23(25-14-21)29-16-19(2)31-20(3)17-29/h4-8,13-14,19-20H,9-12,15-17H2,1-3H3,(H,26,30). The Hall–Kier alpha value is -2.80. The zero-order chi connectivity index (χ0) is 21.8. The van der Waals surface area contributed by atoms with Gasteiger partial charge in [-0.05, 0) is 50.1 Å². The Kier molecular flexibility index (Phi) is 6.61. The van der Waals surface area contributed by atoms with Gasteiger partial charge in [-0.25, -0.2) is 9.78 Å². The lowest BCUT2D eigenvalue weighted by Gasteiger charge is -2.36. The van der Waals surface area contributed by atoms with Gasteiger partial charge >= 0.3 is 6.03 Å². The first-order valence-corrected chi connectivity index (χ1v) is 11.2. The summed E-state index contributed by atoms with van der Waals surface area (Å²) < 4.78 is 5.80. The molecule has 7 heteroatoms. The number of rotatable bonds is 4. The van der Waals surface area contributed by atoms with E-state index in [4.69, 9.17) is 4.74 Å². The van der Waals surface area contributed by atoms with Gasteiger partial charge in [0.15, 0.2) is 0 Å². The third kappa shape index (κ3) is 5.47. The molecule has 2 atom stereocenters. The van der Waals surface area contributed by atoms with Crippen LogP contribution < -0.4 is 15.1 Å². The molecule has 1 aromatic heterocycles. The number of morpholine rings is 1. The third-order valence-electron chi connectivity index (χ3n) is 5.93. The summed E-state index contributed by atoms with van der Waals surface area (Å²) >= 11 is 0. The number of hydrogen-bond acceptors (Lipinski definition) is 5. The summed E-state index contributed by atoms with van der Waals surface area (Å²) in [4.78, 5) is 23.7. The molecule has 0 aliphatic carbocycles. The minimum atomic E-state index is -0.0104. The monoisotopic (exact) mass is 423 g/mol. The number of urea groups is 1. The van der Waals surface area contributed by atoms with Crippen molar-refractivity contribution >= 4 is 17.5 Å². The van der Waals surface area contributed by atoms with E-state index in [-0.39, 0.29) is 18.2 Å². The quantitative estimate of drug-likeness (QED) is 0.819. The molecule has 2 amide bonds. The Labute approximate surface area is 185 Å². The zero-order valence-electron chi connectivity index (χ0n) is 18.8. The number of carbonyl (C=O) groups excluding carboxylic acids is 1. The normalized spacial score (nSPS) is 21.8. The Balaban J connectivity index is 1.24. The highest BCUT2D eigenvalue weighted by atomic mass is 16.5. The van der Waals surface area contributed by atoms with Gasteiger partial charge in [0.2, 0.25) is 0 Å². The maximum absolute atomic E-state index is 12.6. The van der Waals surface area contributed by atoms with Gasteiger partial charge < -0.3 is 24.8 Å². The van der Waals surface area contributed by atoms with Crippen LogP contribution in [0.1, 0.15) is 25.0 Å². The highest BCUT2D eigenvalue weighted by Crippen LogP contribution is 2.19. The number of pyridine rings is 1. The summed E-state index contributed by atoms with van der Waals surface area (Å²) in [7, 11) is 0. The molecule has 0 bridgehead atoms. The number of benzene rings is 1. The topological polar surface area (TPSA) is 60.9 Å². The van der Waals surface area contributed by atoms with Crippen molar-refractivity contribution in [3.05, 3.63) is 53.7 Å². The summed E-state index contributed by atoms with van der Waals surface area (Å²) in [6.07, 6.45) is 2.27. The number of nitrogens with one attached hydrogen (secondary N) is 1. The van der Waals surface area contributed by atoms with Crippen molar-refractivity contribution in [2.24, 2.45) is 0 Å². The first-order chi connectivity index (χ1) is 15.0. The molecule has 1 aromatic carbocycles. The van der Waals surface area contributed by atoms with Gasteiger partial charge in [0.05, 0.1) is 12.2 Å². The predicted molar refractivity (Wildman–Crippen MR) is 124 cm³/mol. The first-order valence-electron chi connectivity index (χ1n) is 11.2. The lowest BCUT2D eigenvalue weighted by atomic mass is 10.2. The average molecular weight is 424 g/mol. The number of aromatic nitrogens is 1. The van der Waals surface area contributed by atoms with E-state index in [0.717, 1.165) is 50.6 Å². The molecular weight excluding hydrogens is 390 g/mol. The van der Waals surface area contributed by atoms with Gasteiger partial charge in [-0.1, -0.05) is 18.2 Å². The van der Waals surface area contributed by atoms with Crippen LogP contribution in [-0.4, -0.2) is 67.4 Å². The lowest BCUT2D eigenvalue weighted by molar-refractivity contribution is -0.00546. The van der Waals surface area contributed by atoms with Crippen LogP contribution in [0.4, 0.5) is 16.3 Å². The molecule has 2 fully saturated rings. The number of anilines is 2. The fraction of sp³-hybridized carbons (Fsp3) is 0.500. The van der Waals surface area contributed by atoms with Crippen molar-refractivity contribution in [3.63, 3.8) is 0 Å². The molecule has 2 aliphatic rings. The van der Waals surface area contributed by atoms with Crippen LogP contribution in [0.2, 0.25) is 0 Å². The van der Waals surface area contributed by atoms with Crippen LogP contribution >= 0.6 is 0 Å². The summed E-state index contributed by atoms with van der Waals surface area (Å²) in [5.74, 6) is 0.962. The van der Waals surface area contributed by atoms with Gasteiger partial charge in [-0.3, -0.25) is 0 Å². The van der Waals surface area contributed by atoms with Crippen molar-refractivity contribution in [2.45, 2.75) is 39.5 Å². The van der Waals surface area contributed by atoms with Gasteiger partial charge in [-0.15, -0.1) is 0 Å². The van der Waals surface area contributed by atoms with E-state index in [1.807, 2.05) is 23.2 Å². The average Bonchev–Trinajstić information content (AvgIpc) is 2.77. The largest absolute Gasteiger partial charge is 0.372 e. The second kappa shape index (κ2) is 9.56. The molecule has 1 N–H and O–H groups in total. The van der Waals surface area contributed by atoms with Crippen LogP contribution in [0.25, 0.3) is 0 Å². The maximum atomic E-state index is 12.6. The second-order valence-corrected chi connectivity index (χ2v) is 8.66. The number of aryl methyl sites for hydroxylation is 1. The van der Waals surface area contributed by atoms with E-state index in [0.29, 0.717) is 6.54 Å². The fourth-order valence-electron chi connectivity index (χ4n) is 4.36. The molecule has 31 heavy (non-hydrogen) atoms. The van der Waals surface area contributed by atoms with Crippen molar-refractivity contribution in [1.29, 1.82) is 0 Å². The van der Waals surface area contributed by atoms with E-state index >= 15 is 0 Å². The minimum absolute atomic E-state index is 0.0104. The number of ether oxygens (including phenoxy) is 1. The van der Waals surface area contributed by atoms with Crippen LogP contribution in [0.3, 0.4) is 0 Å². The molecule has 0 radical (unpaired) electrons. The number of carbonyl (C=O) groups is 1. The van der Waals surface area contributed by atoms with E-state index in [2.05, 4.69) is 65.1 Å². The summed E-state index contributed by atoms with van der Waals surface area (Å²) in [6, 6.07) is 12.6. The first kappa shape index (κ1) is 21.4. The molecule has 3 heterocycles. The Morgan fingerprint density at radius 1 is 1.06 bits per heavy atom. The van der Waals surface area contributed by atoms with Crippen molar-refractivity contribution in [1.82, 2.24) is 15.2 Å². The van der Waals surface area contributed by atoms with Gasteiger partial charge in [0, 0.05) is 57.7 Å². The summed E-state index contributed by atoms with van der Waals surface area (Å²) in [5, 5.41) is 3.04.